The summed E-state index contributed by atoms with van der Waals surface area (Å²) >= 11 is 0. The van der Waals surface area contributed by atoms with E-state index in [0.717, 1.165) is 12.8 Å². The van der Waals surface area contributed by atoms with E-state index in [9.17, 15) is 14.4 Å². The van der Waals surface area contributed by atoms with Gasteiger partial charge in [-0.3, -0.25) is 14.6 Å². The molecule has 0 aromatic carbocycles. The van der Waals surface area contributed by atoms with Crippen molar-refractivity contribution in [2.75, 3.05) is 13.2 Å². The van der Waals surface area contributed by atoms with Crippen molar-refractivity contribution in [3.8, 4) is 0 Å². The van der Waals surface area contributed by atoms with Crippen LogP contribution < -0.4 is 16.6 Å². The summed E-state index contributed by atoms with van der Waals surface area (Å²) in [4.78, 5) is 39.0. The molecule has 0 saturated carbocycles. The summed E-state index contributed by atoms with van der Waals surface area (Å²) in [6.07, 6.45) is 2.16. The number of rotatable bonds is 8. The van der Waals surface area contributed by atoms with Crippen LogP contribution in [-0.2, 0) is 11.2 Å². The van der Waals surface area contributed by atoms with E-state index in [1.54, 1.807) is 6.92 Å². The van der Waals surface area contributed by atoms with Gasteiger partial charge in [-0.2, -0.15) is 0 Å². The van der Waals surface area contributed by atoms with Gasteiger partial charge in [-0.05, 0) is 32.1 Å². The fourth-order valence-corrected chi connectivity index (χ4v) is 2.02. The van der Waals surface area contributed by atoms with E-state index in [-0.39, 0.29) is 31.3 Å². The molecule has 1 rings (SSSR count). The van der Waals surface area contributed by atoms with E-state index in [2.05, 4.69) is 15.3 Å². The number of H-pyrrole nitrogens is 2. The molecular weight excluding hydrogens is 274 g/mol. The van der Waals surface area contributed by atoms with Gasteiger partial charge in [-0.1, -0.05) is 6.92 Å². The zero-order valence-electron chi connectivity index (χ0n) is 12.5. The van der Waals surface area contributed by atoms with Crippen LogP contribution in [0.4, 0.5) is 0 Å². The highest BCUT2D eigenvalue weighted by Crippen LogP contribution is 2.03. The Kier molecular flexibility index (Phi) is 6.87. The Morgan fingerprint density at radius 3 is 2.67 bits per heavy atom. The average molecular weight is 297 g/mol. The summed E-state index contributed by atoms with van der Waals surface area (Å²) in [6, 6.07) is 0. The van der Waals surface area contributed by atoms with E-state index in [0.29, 0.717) is 17.8 Å². The van der Waals surface area contributed by atoms with E-state index >= 15 is 0 Å². The molecule has 0 radical (unpaired) electrons. The predicted octanol–water partition coefficient (Wildman–Crippen LogP) is -0.171. The van der Waals surface area contributed by atoms with Crippen LogP contribution in [0.1, 0.15) is 37.4 Å². The molecule has 1 amide bonds. The van der Waals surface area contributed by atoms with Crippen molar-refractivity contribution in [3.05, 3.63) is 32.1 Å². The zero-order chi connectivity index (χ0) is 15.8. The monoisotopic (exact) mass is 297 g/mol. The van der Waals surface area contributed by atoms with Gasteiger partial charge in [0.2, 0.25) is 5.91 Å². The summed E-state index contributed by atoms with van der Waals surface area (Å²) < 4.78 is 0. The highest BCUT2D eigenvalue weighted by atomic mass is 16.3. The molecule has 0 bridgehead atoms. The molecule has 0 spiro atoms. The molecule has 1 atom stereocenters. The van der Waals surface area contributed by atoms with Crippen LogP contribution in [0.5, 0.6) is 0 Å². The third-order valence-electron chi connectivity index (χ3n) is 3.36. The van der Waals surface area contributed by atoms with Crippen molar-refractivity contribution in [2.45, 2.75) is 39.5 Å². The van der Waals surface area contributed by atoms with Gasteiger partial charge in [0.05, 0.1) is 0 Å². The molecule has 0 saturated heterocycles. The van der Waals surface area contributed by atoms with Crippen molar-refractivity contribution >= 4 is 5.91 Å². The number of aryl methyl sites for hydroxylation is 1. The third-order valence-corrected chi connectivity index (χ3v) is 3.36. The maximum absolute atomic E-state index is 11.7. The van der Waals surface area contributed by atoms with Gasteiger partial charge < -0.3 is 15.4 Å². The molecule has 0 aliphatic heterocycles. The van der Waals surface area contributed by atoms with E-state index in [1.165, 1.54) is 0 Å². The number of hydrogen-bond donors (Lipinski definition) is 4. The van der Waals surface area contributed by atoms with Crippen molar-refractivity contribution in [3.63, 3.8) is 0 Å². The third kappa shape index (κ3) is 5.95. The lowest BCUT2D eigenvalue weighted by Crippen LogP contribution is -2.29. The Bertz CT molecular complexity index is 576. The fraction of sp³-hybridized carbons (Fsp3) is 0.643. The van der Waals surface area contributed by atoms with Gasteiger partial charge in [0, 0.05) is 30.8 Å². The number of aromatic nitrogens is 2. The topological polar surface area (TPSA) is 115 Å². The number of nitrogens with one attached hydrogen (secondary N) is 3. The Hall–Kier alpha value is -1.89. The quantitative estimate of drug-likeness (QED) is 0.499. The molecule has 7 heteroatoms. The van der Waals surface area contributed by atoms with Crippen molar-refractivity contribution in [1.82, 2.24) is 15.3 Å². The smallest absolute Gasteiger partial charge is 0.325 e. The Balaban J connectivity index is 2.37. The van der Waals surface area contributed by atoms with Crippen molar-refractivity contribution < 1.29 is 9.90 Å². The Morgan fingerprint density at radius 1 is 1.33 bits per heavy atom. The number of carbonyl (C=O) groups excluding carboxylic acids is 1. The fourth-order valence-electron chi connectivity index (χ4n) is 2.02. The Morgan fingerprint density at radius 2 is 2.05 bits per heavy atom. The second kappa shape index (κ2) is 8.41. The molecule has 1 heterocycles. The molecule has 1 aromatic rings. The first kappa shape index (κ1) is 17.2. The molecule has 0 fully saturated rings. The average Bonchev–Trinajstić information content (AvgIpc) is 2.42. The largest absolute Gasteiger partial charge is 0.396 e. The summed E-state index contributed by atoms with van der Waals surface area (Å²) in [5, 5.41) is 11.7. The van der Waals surface area contributed by atoms with Crippen LogP contribution in [0.25, 0.3) is 0 Å². The van der Waals surface area contributed by atoms with E-state index in [4.69, 9.17) is 5.11 Å². The molecule has 1 unspecified atom stereocenters. The SMILES string of the molecule is Cc1[nH]c(=O)[nH]c(=O)c1CCC(=O)NCCCC(C)CO. The standard InChI is InChI=1S/C14H23N3O4/c1-9(8-18)4-3-7-15-12(19)6-5-11-10(2)16-14(21)17-13(11)20/h9,18H,3-8H2,1-2H3,(H,15,19)(H2,16,17,20,21). The lowest BCUT2D eigenvalue weighted by Gasteiger charge is -2.08. The molecule has 21 heavy (non-hydrogen) atoms. The van der Waals surface area contributed by atoms with Crippen LogP contribution >= 0.6 is 0 Å². The number of aromatic amines is 2. The molecule has 0 aliphatic rings. The molecule has 1 aromatic heterocycles. The summed E-state index contributed by atoms with van der Waals surface area (Å²) in [5.41, 5.74) is -0.0588. The van der Waals surface area contributed by atoms with Gasteiger partial charge >= 0.3 is 5.69 Å². The van der Waals surface area contributed by atoms with Crippen LogP contribution in [0, 0.1) is 12.8 Å². The number of amides is 1. The van der Waals surface area contributed by atoms with Crippen molar-refractivity contribution in [2.24, 2.45) is 5.92 Å². The van der Waals surface area contributed by atoms with Crippen molar-refractivity contribution in [1.29, 1.82) is 0 Å². The normalized spacial score (nSPS) is 12.1. The zero-order valence-corrected chi connectivity index (χ0v) is 12.5. The first-order valence-corrected chi connectivity index (χ1v) is 7.13. The predicted molar refractivity (Wildman–Crippen MR) is 79.2 cm³/mol. The van der Waals surface area contributed by atoms with Gasteiger partial charge in [0.25, 0.3) is 5.56 Å². The first-order chi connectivity index (χ1) is 9.93. The second-order valence-electron chi connectivity index (χ2n) is 5.29. The van der Waals surface area contributed by atoms with Crippen LogP contribution in [-0.4, -0.2) is 34.1 Å². The van der Waals surface area contributed by atoms with Gasteiger partial charge in [-0.15, -0.1) is 0 Å². The summed E-state index contributed by atoms with van der Waals surface area (Å²) in [7, 11) is 0. The van der Waals surface area contributed by atoms with Gasteiger partial charge in [0.1, 0.15) is 0 Å². The number of hydrogen-bond acceptors (Lipinski definition) is 4. The molecule has 118 valence electrons. The lowest BCUT2D eigenvalue weighted by molar-refractivity contribution is -0.121. The number of carbonyl (C=O) groups is 1. The van der Waals surface area contributed by atoms with Gasteiger partial charge in [0.15, 0.2) is 0 Å². The van der Waals surface area contributed by atoms with E-state index < -0.39 is 11.2 Å². The van der Waals surface area contributed by atoms with Crippen LogP contribution in [0.15, 0.2) is 9.59 Å². The molecule has 7 nitrogen and oxygen atoms in total. The molecule has 4 N–H and O–H groups in total. The molecule has 0 aliphatic carbocycles. The summed E-state index contributed by atoms with van der Waals surface area (Å²) in [6.45, 7) is 4.31. The maximum atomic E-state index is 11.7. The highest BCUT2D eigenvalue weighted by molar-refractivity contribution is 5.76. The Labute approximate surface area is 122 Å². The van der Waals surface area contributed by atoms with Crippen LogP contribution in [0.3, 0.4) is 0 Å². The minimum atomic E-state index is -0.538. The minimum Gasteiger partial charge on any atom is -0.396 e. The minimum absolute atomic E-state index is 0.128. The number of aliphatic hydroxyl groups is 1. The van der Waals surface area contributed by atoms with E-state index in [1.807, 2.05) is 6.92 Å². The maximum Gasteiger partial charge on any atom is 0.325 e. The second-order valence-corrected chi connectivity index (χ2v) is 5.29. The summed E-state index contributed by atoms with van der Waals surface area (Å²) in [5.74, 6) is 0.112. The number of aliphatic hydroxyl groups excluding tert-OH is 1. The van der Waals surface area contributed by atoms with Crippen LogP contribution in [0.2, 0.25) is 0 Å². The lowest BCUT2D eigenvalue weighted by atomic mass is 10.1. The molecular formula is C14H23N3O4. The first-order valence-electron chi connectivity index (χ1n) is 7.13. The van der Waals surface area contributed by atoms with Gasteiger partial charge in [-0.25, -0.2) is 4.79 Å². The highest BCUT2D eigenvalue weighted by Gasteiger charge is 2.09.